The smallest absolute Gasteiger partial charge is 0.328 e. The van der Waals surface area contributed by atoms with Crippen molar-refractivity contribution in [3.8, 4) is 0 Å². The molecule has 0 aromatic heterocycles. The van der Waals surface area contributed by atoms with E-state index in [1.165, 1.54) is 32.1 Å². The zero-order valence-corrected chi connectivity index (χ0v) is 16.2. The summed E-state index contributed by atoms with van der Waals surface area (Å²) < 4.78 is 6.05. The molecule has 0 fully saturated rings. The van der Waals surface area contributed by atoms with E-state index in [2.05, 4.69) is 28.2 Å². The van der Waals surface area contributed by atoms with Crippen LogP contribution in [0.3, 0.4) is 0 Å². The second-order valence-electron chi connectivity index (χ2n) is 5.99. The van der Waals surface area contributed by atoms with Crippen molar-refractivity contribution in [2.45, 2.75) is 64.8 Å². The van der Waals surface area contributed by atoms with Crippen LogP contribution in [0.4, 0.5) is 0 Å². The van der Waals surface area contributed by atoms with Gasteiger partial charge < -0.3 is 10.1 Å². The molecule has 0 spiro atoms. The summed E-state index contributed by atoms with van der Waals surface area (Å²) in [6.07, 6.45) is 8.23. The average Bonchev–Trinajstić information content (AvgIpc) is 2.57. The van der Waals surface area contributed by atoms with E-state index >= 15 is 0 Å². The number of unbranched alkanes of at least 4 members (excludes halogenated alkanes) is 6. The molecule has 1 atom stereocenters. The predicted octanol–water partition coefficient (Wildman–Crippen LogP) is 4.86. The SMILES string of the molecule is CCCCCCCCCOC(=O)[C@H](C)NC(=O)c1cccc(Br)c1. The first-order chi connectivity index (χ1) is 11.5. The highest BCUT2D eigenvalue weighted by Crippen LogP contribution is 2.12. The van der Waals surface area contributed by atoms with Gasteiger partial charge in [-0.05, 0) is 31.5 Å². The molecule has 1 amide bonds. The molecule has 4 nitrogen and oxygen atoms in total. The molecule has 0 radical (unpaired) electrons. The van der Waals surface area contributed by atoms with Crippen molar-refractivity contribution in [1.82, 2.24) is 5.32 Å². The van der Waals surface area contributed by atoms with E-state index in [0.717, 1.165) is 17.3 Å². The first-order valence-electron chi connectivity index (χ1n) is 8.77. The molecule has 1 N–H and O–H groups in total. The Balaban J connectivity index is 2.19. The van der Waals surface area contributed by atoms with E-state index in [-0.39, 0.29) is 11.9 Å². The van der Waals surface area contributed by atoms with Crippen LogP contribution in [0.15, 0.2) is 28.7 Å². The number of hydrogen-bond acceptors (Lipinski definition) is 3. The number of carbonyl (C=O) groups is 2. The molecule has 0 saturated carbocycles. The van der Waals surface area contributed by atoms with Gasteiger partial charge in [0.2, 0.25) is 0 Å². The van der Waals surface area contributed by atoms with Gasteiger partial charge in [-0.2, -0.15) is 0 Å². The highest BCUT2D eigenvalue weighted by molar-refractivity contribution is 9.10. The highest BCUT2D eigenvalue weighted by atomic mass is 79.9. The first-order valence-corrected chi connectivity index (χ1v) is 9.57. The molecule has 0 bridgehead atoms. The van der Waals surface area contributed by atoms with Gasteiger partial charge in [-0.1, -0.05) is 67.4 Å². The van der Waals surface area contributed by atoms with E-state index in [1.807, 2.05) is 6.07 Å². The van der Waals surface area contributed by atoms with Crippen molar-refractivity contribution in [2.24, 2.45) is 0 Å². The van der Waals surface area contributed by atoms with Crippen LogP contribution in [0.2, 0.25) is 0 Å². The van der Waals surface area contributed by atoms with Gasteiger partial charge >= 0.3 is 5.97 Å². The van der Waals surface area contributed by atoms with Gasteiger partial charge in [0.1, 0.15) is 6.04 Å². The Bertz CT molecular complexity index is 519. The lowest BCUT2D eigenvalue weighted by atomic mass is 10.1. The van der Waals surface area contributed by atoms with Crippen molar-refractivity contribution in [2.75, 3.05) is 6.61 Å². The predicted molar refractivity (Wildman–Crippen MR) is 100 cm³/mol. The summed E-state index contributed by atoms with van der Waals surface area (Å²) >= 11 is 3.32. The zero-order valence-electron chi connectivity index (χ0n) is 14.6. The molecule has 5 heteroatoms. The lowest BCUT2D eigenvalue weighted by molar-refractivity contribution is -0.145. The molecule has 0 saturated heterocycles. The second kappa shape index (κ2) is 12.1. The summed E-state index contributed by atoms with van der Waals surface area (Å²) in [7, 11) is 0. The molecule has 0 aliphatic carbocycles. The number of benzene rings is 1. The molecule has 134 valence electrons. The van der Waals surface area contributed by atoms with E-state index in [0.29, 0.717) is 12.2 Å². The molecular formula is C19H28BrNO3. The number of hydrogen-bond donors (Lipinski definition) is 1. The van der Waals surface area contributed by atoms with E-state index in [9.17, 15) is 9.59 Å². The average molecular weight is 398 g/mol. The van der Waals surface area contributed by atoms with Crippen LogP contribution < -0.4 is 5.32 Å². The summed E-state index contributed by atoms with van der Waals surface area (Å²) in [4.78, 5) is 24.0. The van der Waals surface area contributed by atoms with Gasteiger partial charge in [-0.25, -0.2) is 4.79 Å². The Labute approximate surface area is 153 Å². The van der Waals surface area contributed by atoms with E-state index in [4.69, 9.17) is 4.74 Å². The quantitative estimate of drug-likeness (QED) is 0.428. The molecule has 24 heavy (non-hydrogen) atoms. The van der Waals surface area contributed by atoms with Crippen LogP contribution in [0.25, 0.3) is 0 Å². The van der Waals surface area contributed by atoms with Crippen molar-refractivity contribution in [3.63, 3.8) is 0 Å². The number of carbonyl (C=O) groups excluding carboxylic acids is 2. The van der Waals surface area contributed by atoms with Crippen LogP contribution >= 0.6 is 15.9 Å². The first kappa shape index (κ1) is 20.7. The normalized spacial score (nSPS) is 11.8. The Morgan fingerprint density at radius 2 is 1.79 bits per heavy atom. The number of amides is 1. The van der Waals surface area contributed by atoms with Crippen LogP contribution in [0.1, 0.15) is 69.2 Å². The molecule has 1 aromatic carbocycles. The van der Waals surface area contributed by atoms with Gasteiger partial charge in [0.25, 0.3) is 5.91 Å². The van der Waals surface area contributed by atoms with Gasteiger partial charge in [-0.15, -0.1) is 0 Å². The number of esters is 1. The van der Waals surface area contributed by atoms with Gasteiger partial charge in [0.15, 0.2) is 0 Å². The van der Waals surface area contributed by atoms with Gasteiger partial charge in [0, 0.05) is 10.0 Å². The summed E-state index contributed by atoms with van der Waals surface area (Å²) in [6, 6.07) is 6.39. The van der Waals surface area contributed by atoms with Crippen molar-refractivity contribution in [1.29, 1.82) is 0 Å². The number of rotatable bonds is 11. The van der Waals surface area contributed by atoms with Crippen LogP contribution in [-0.4, -0.2) is 24.5 Å². The lowest BCUT2D eigenvalue weighted by Gasteiger charge is -2.13. The summed E-state index contributed by atoms with van der Waals surface area (Å²) in [5.74, 6) is -0.666. The maximum Gasteiger partial charge on any atom is 0.328 e. The third-order valence-corrected chi connectivity index (χ3v) is 4.27. The van der Waals surface area contributed by atoms with Crippen molar-refractivity contribution >= 4 is 27.8 Å². The maximum absolute atomic E-state index is 12.1. The fraction of sp³-hybridized carbons (Fsp3) is 0.579. The molecule has 0 unspecified atom stereocenters. The minimum atomic E-state index is -0.652. The maximum atomic E-state index is 12.1. The fourth-order valence-electron chi connectivity index (χ4n) is 2.33. The number of ether oxygens (including phenoxy) is 1. The molecule has 1 rings (SSSR count). The monoisotopic (exact) mass is 397 g/mol. The lowest BCUT2D eigenvalue weighted by Crippen LogP contribution is -2.39. The molecule has 0 heterocycles. The number of nitrogens with one attached hydrogen (secondary N) is 1. The summed E-state index contributed by atoms with van der Waals surface area (Å²) in [6.45, 7) is 4.27. The fourth-order valence-corrected chi connectivity index (χ4v) is 2.72. The van der Waals surface area contributed by atoms with Crippen LogP contribution in [0.5, 0.6) is 0 Å². The van der Waals surface area contributed by atoms with Crippen molar-refractivity contribution < 1.29 is 14.3 Å². The largest absolute Gasteiger partial charge is 0.464 e. The Morgan fingerprint density at radius 1 is 1.12 bits per heavy atom. The van der Waals surface area contributed by atoms with Gasteiger partial charge in [-0.3, -0.25) is 4.79 Å². The molecule has 1 aromatic rings. The van der Waals surface area contributed by atoms with Crippen LogP contribution in [-0.2, 0) is 9.53 Å². The third kappa shape index (κ3) is 8.48. The Hall–Kier alpha value is -1.36. The van der Waals surface area contributed by atoms with Crippen LogP contribution in [0, 0.1) is 0 Å². The third-order valence-electron chi connectivity index (χ3n) is 3.78. The Morgan fingerprint density at radius 3 is 2.46 bits per heavy atom. The standard InChI is InChI=1S/C19H28BrNO3/c1-3-4-5-6-7-8-9-13-24-19(23)15(2)21-18(22)16-11-10-12-17(20)14-16/h10-12,14-15H,3-9,13H2,1-2H3,(H,21,22)/t15-/m0/s1. The minimum absolute atomic E-state index is 0.281. The summed E-state index contributed by atoms with van der Waals surface area (Å²) in [5.41, 5.74) is 0.510. The van der Waals surface area contributed by atoms with Gasteiger partial charge in [0.05, 0.1) is 6.61 Å². The molecule has 0 aliphatic rings. The van der Waals surface area contributed by atoms with E-state index in [1.54, 1.807) is 25.1 Å². The minimum Gasteiger partial charge on any atom is -0.464 e. The Kier molecular flexibility index (Phi) is 10.4. The highest BCUT2D eigenvalue weighted by Gasteiger charge is 2.17. The zero-order chi connectivity index (χ0) is 17.8. The topological polar surface area (TPSA) is 55.4 Å². The van der Waals surface area contributed by atoms with E-state index < -0.39 is 6.04 Å². The summed E-state index contributed by atoms with van der Waals surface area (Å²) in [5, 5.41) is 2.66. The van der Waals surface area contributed by atoms with Crippen molar-refractivity contribution in [3.05, 3.63) is 34.3 Å². The second-order valence-corrected chi connectivity index (χ2v) is 6.91. The molecule has 0 aliphatic heterocycles. The molecular weight excluding hydrogens is 370 g/mol. The number of halogens is 1.